The van der Waals surface area contributed by atoms with Gasteiger partial charge in [0.15, 0.2) is 5.78 Å². The Bertz CT molecular complexity index is 465. The van der Waals surface area contributed by atoms with Crippen molar-refractivity contribution in [1.29, 1.82) is 0 Å². The van der Waals surface area contributed by atoms with Gasteiger partial charge in [0.25, 0.3) is 0 Å². The predicted octanol–water partition coefficient (Wildman–Crippen LogP) is 4.45. The number of hydrogen-bond acceptors (Lipinski definition) is 3. The highest BCUT2D eigenvalue weighted by Gasteiger charge is 2.33. The van der Waals surface area contributed by atoms with Crippen LogP contribution in [-0.4, -0.2) is 11.9 Å². The maximum atomic E-state index is 11.5. The molecule has 1 aromatic heterocycles. The van der Waals surface area contributed by atoms with Gasteiger partial charge in [-0.05, 0) is 44.6 Å². The summed E-state index contributed by atoms with van der Waals surface area (Å²) in [5, 5.41) is 0. The quantitative estimate of drug-likeness (QED) is 0.741. The molecule has 3 nitrogen and oxygen atoms in total. The van der Waals surface area contributed by atoms with Crippen molar-refractivity contribution in [1.82, 2.24) is 0 Å². The first kappa shape index (κ1) is 14.3. The van der Waals surface area contributed by atoms with E-state index in [1.807, 2.05) is 13.0 Å². The van der Waals surface area contributed by atoms with Crippen LogP contribution in [0, 0.1) is 12.3 Å². The van der Waals surface area contributed by atoms with Crippen LogP contribution in [0.4, 0.5) is 0 Å². The molecule has 0 aliphatic carbocycles. The average Bonchev–Trinajstić information content (AvgIpc) is 2.70. The molecule has 2 rings (SSSR count). The van der Waals surface area contributed by atoms with Gasteiger partial charge in [0.05, 0.1) is 11.7 Å². The van der Waals surface area contributed by atoms with Crippen molar-refractivity contribution in [2.24, 2.45) is 5.41 Å². The van der Waals surface area contributed by atoms with Gasteiger partial charge in [0.1, 0.15) is 17.6 Å². The van der Waals surface area contributed by atoms with Crippen molar-refractivity contribution in [2.45, 2.75) is 66.1 Å². The van der Waals surface area contributed by atoms with Gasteiger partial charge in [0.2, 0.25) is 0 Å². The molecular weight excluding hydrogens is 240 g/mol. The molecule has 1 fully saturated rings. The Morgan fingerprint density at radius 1 is 1.32 bits per heavy atom. The van der Waals surface area contributed by atoms with Gasteiger partial charge >= 0.3 is 0 Å². The van der Waals surface area contributed by atoms with E-state index >= 15 is 0 Å². The van der Waals surface area contributed by atoms with E-state index in [-0.39, 0.29) is 23.4 Å². The molecule has 0 bridgehead atoms. The van der Waals surface area contributed by atoms with Gasteiger partial charge < -0.3 is 9.15 Å². The third-order valence-corrected chi connectivity index (χ3v) is 3.86. The van der Waals surface area contributed by atoms with Crippen LogP contribution in [0.25, 0.3) is 0 Å². The SMILES string of the molecule is CC(=O)c1cc(C2CCCC(C(C)(C)C)O2)oc1C. The summed E-state index contributed by atoms with van der Waals surface area (Å²) in [6.45, 7) is 10.0. The molecule has 1 saturated heterocycles. The molecular formula is C16H24O3. The molecule has 0 saturated carbocycles. The fourth-order valence-electron chi connectivity index (χ4n) is 2.68. The Balaban J connectivity index is 2.18. The maximum Gasteiger partial charge on any atom is 0.163 e. The van der Waals surface area contributed by atoms with Gasteiger partial charge in [-0.15, -0.1) is 0 Å². The minimum absolute atomic E-state index is 0.00947. The van der Waals surface area contributed by atoms with Crippen LogP contribution in [0.5, 0.6) is 0 Å². The van der Waals surface area contributed by atoms with E-state index in [0.717, 1.165) is 25.0 Å². The summed E-state index contributed by atoms with van der Waals surface area (Å²) in [5.74, 6) is 1.55. The Morgan fingerprint density at radius 2 is 2.00 bits per heavy atom. The highest BCUT2D eigenvalue weighted by Crippen LogP contribution is 2.39. The lowest BCUT2D eigenvalue weighted by Gasteiger charge is -2.37. The van der Waals surface area contributed by atoms with Crippen molar-refractivity contribution in [3.63, 3.8) is 0 Å². The van der Waals surface area contributed by atoms with Crippen molar-refractivity contribution in [3.8, 4) is 0 Å². The Morgan fingerprint density at radius 3 is 2.53 bits per heavy atom. The van der Waals surface area contributed by atoms with Crippen LogP contribution >= 0.6 is 0 Å². The second-order valence-electron chi connectivity index (χ2n) is 6.59. The highest BCUT2D eigenvalue weighted by atomic mass is 16.5. The molecule has 3 heteroatoms. The summed E-state index contributed by atoms with van der Waals surface area (Å²) in [6.07, 6.45) is 3.44. The summed E-state index contributed by atoms with van der Waals surface area (Å²) < 4.78 is 11.9. The molecule has 0 N–H and O–H groups in total. The number of ether oxygens (including phenoxy) is 1. The van der Waals surface area contributed by atoms with E-state index in [1.165, 1.54) is 0 Å². The number of ketones is 1. The number of Topliss-reactive ketones (excluding diaryl/α,β-unsaturated/α-hetero) is 1. The zero-order valence-electron chi connectivity index (χ0n) is 12.6. The fraction of sp³-hybridized carbons (Fsp3) is 0.688. The molecule has 0 aromatic carbocycles. The van der Waals surface area contributed by atoms with Gasteiger partial charge in [-0.3, -0.25) is 4.79 Å². The Hall–Kier alpha value is -1.09. The summed E-state index contributed by atoms with van der Waals surface area (Å²) >= 11 is 0. The second kappa shape index (κ2) is 5.12. The smallest absolute Gasteiger partial charge is 0.163 e. The Kier molecular flexibility index (Phi) is 3.86. The van der Waals surface area contributed by atoms with E-state index in [1.54, 1.807) is 6.92 Å². The number of rotatable bonds is 2. The Labute approximate surface area is 115 Å². The lowest BCUT2D eigenvalue weighted by Crippen LogP contribution is -2.33. The van der Waals surface area contributed by atoms with Gasteiger partial charge in [-0.25, -0.2) is 0 Å². The van der Waals surface area contributed by atoms with Crippen LogP contribution in [-0.2, 0) is 4.74 Å². The van der Waals surface area contributed by atoms with Crippen LogP contribution in [0.3, 0.4) is 0 Å². The molecule has 1 aliphatic heterocycles. The molecule has 19 heavy (non-hydrogen) atoms. The van der Waals surface area contributed by atoms with E-state index < -0.39 is 0 Å². The third kappa shape index (κ3) is 3.08. The molecule has 2 unspecified atom stereocenters. The first-order valence-corrected chi connectivity index (χ1v) is 7.05. The van der Waals surface area contributed by atoms with E-state index in [0.29, 0.717) is 11.3 Å². The minimum Gasteiger partial charge on any atom is -0.463 e. The zero-order valence-corrected chi connectivity index (χ0v) is 12.6. The standard InChI is InChI=1S/C16H24O3/c1-10(17)12-9-14(18-11(12)2)13-7-6-8-15(19-13)16(3,4)5/h9,13,15H,6-8H2,1-5H3. The number of carbonyl (C=O) groups excluding carboxylic acids is 1. The van der Waals surface area contributed by atoms with Crippen molar-refractivity contribution >= 4 is 5.78 Å². The first-order valence-electron chi connectivity index (χ1n) is 7.05. The normalized spacial score (nSPS) is 24.5. The highest BCUT2D eigenvalue weighted by molar-refractivity contribution is 5.95. The van der Waals surface area contributed by atoms with E-state index in [4.69, 9.17) is 9.15 Å². The minimum atomic E-state index is -0.00947. The fourth-order valence-corrected chi connectivity index (χ4v) is 2.68. The number of furan rings is 1. The molecule has 0 spiro atoms. The lowest BCUT2D eigenvalue weighted by atomic mass is 9.84. The lowest BCUT2D eigenvalue weighted by molar-refractivity contribution is -0.107. The van der Waals surface area contributed by atoms with Crippen LogP contribution in [0.1, 0.15) is 74.9 Å². The van der Waals surface area contributed by atoms with E-state index in [9.17, 15) is 4.79 Å². The van der Waals surface area contributed by atoms with Crippen LogP contribution in [0.2, 0.25) is 0 Å². The van der Waals surface area contributed by atoms with Crippen molar-refractivity contribution < 1.29 is 13.9 Å². The largest absolute Gasteiger partial charge is 0.463 e. The maximum absolute atomic E-state index is 11.5. The molecule has 0 radical (unpaired) electrons. The molecule has 1 aliphatic rings. The van der Waals surface area contributed by atoms with E-state index in [2.05, 4.69) is 20.8 Å². The summed E-state index contributed by atoms with van der Waals surface area (Å²) in [5.41, 5.74) is 0.820. The monoisotopic (exact) mass is 264 g/mol. The number of hydrogen-bond donors (Lipinski definition) is 0. The molecule has 1 aromatic rings. The average molecular weight is 264 g/mol. The number of carbonyl (C=O) groups is 1. The van der Waals surface area contributed by atoms with Gasteiger partial charge in [-0.2, -0.15) is 0 Å². The topological polar surface area (TPSA) is 39.4 Å². The molecule has 2 heterocycles. The second-order valence-corrected chi connectivity index (χ2v) is 6.59. The van der Waals surface area contributed by atoms with Crippen molar-refractivity contribution in [2.75, 3.05) is 0 Å². The zero-order chi connectivity index (χ0) is 14.2. The third-order valence-electron chi connectivity index (χ3n) is 3.86. The molecule has 106 valence electrons. The first-order chi connectivity index (χ1) is 8.79. The van der Waals surface area contributed by atoms with Crippen LogP contribution < -0.4 is 0 Å². The summed E-state index contributed by atoms with van der Waals surface area (Å²) in [6, 6.07) is 1.85. The summed E-state index contributed by atoms with van der Waals surface area (Å²) in [7, 11) is 0. The summed E-state index contributed by atoms with van der Waals surface area (Å²) in [4.78, 5) is 11.5. The van der Waals surface area contributed by atoms with Crippen LogP contribution in [0.15, 0.2) is 10.5 Å². The molecule has 2 atom stereocenters. The van der Waals surface area contributed by atoms with Gasteiger partial charge in [0, 0.05) is 0 Å². The van der Waals surface area contributed by atoms with Crippen molar-refractivity contribution in [3.05, 3.63) is 23.2 Å². The van der Waals surface area contributed by atoms with Gasteiger partial charge in [-0.1, -0.05) is 20.8 Å². The molecule has 0 amide bonds. The number of aryl methyl sites for hydroxylation is 1. The predicted molar refractivity (Wildman–Crippen MR) is 74.4 cm³/mol.